The smallest absolute Gasteiger partial charge is 0.118 e. The van der Waals surface area contributed by atoms with E-state index in [2.05, 4.69) is 15.0 Å². The second-order valence-corrected chi connectivity index (χ2v) is 3.38. The molecule has 0 amide bonds. The Morgan fingerprint density at radius 2 is 2.40 bits per heavy atom. The maximum Gasteiger partial charge on any atom is 0.118 e. The minimum absolute atomic E-state index is 0.746. The van der Waals surface area contributed by atoms with Crippen molar-refractivity contribution < 1.29 is 0 Å². The zero-order valence-electron chi connectivity index (χ0n) is 5.59. The first-order valence-corrected chi connectivity index (χ1v) is 4.15. The highest BCUT2D eigenvalue weighted by atomic mass is 35.5. The summed E-state index contributed by atoms with van der Waals surface area (Å²) in [6.07, 6.45) is 0.856. The lowest BCUT2D eigenvalue weighted by Crippen LogP contribution is -2.03. The summed E-state index contributed by atoms with van der Waals surface area (Å²) in [7, 11) is 0. The van der Waals surface area contributed by atoms with E-state index in [0.29, 0.717) is 0 Å². The van der Waals surface area contributed by atoms with Gasteiger partial charge >= 0.3 is 0 Å². The van der Waals surface area contributed by atoms with E-state index in [9.17, 15) is 0 Å². The standard InChI is InChI=1S/C5H8ClN3S/c1-4-8-9-5(10-4)2-3-7-6/h7H,2-3H2,1H3. The van der Waals surface area contributed by atoms with Crippen molar-refractivity contribution in [3.63, 3.8) is 0 Å². The minimum atomic E-state index is 0.746. The average molecular weight is 178 g/mol. The topological polar surface area (TPSA) is 37.8 Å². The van der Waals surface area contributed by atoms with Gasteiger partial charge in [0.1, 0.15) is 10.0 Å². The maximum atomic E-state index is 5.26. The summed E-state index contributed by atoms with van der Waals surface area (Å²) in [5, 5.41) is 9.83. The maximum absolute atomic E-state index is 5.26. The lowest BCUT2D eigenvalue weighted by molar-refractivity contribution is 0.863. The van der Waals surface area contributed by atoms with E-state index >= 15 is 0 Å². The van der Waals surface area contributed by atoms with Crippen molar-refractivity contribution in [1.29, 1.82) is 0 Å². The summed E-state index contributed by atoms with van der Waals surface area (Å²) in [6.45, 7) is 2.69. The van der Waals surface area contributed by atoms with Crippen molar-refractivity contribution in [2.45, 2.75) is 13.3 Å². The van der Waals surface area contributed by atoms with Gasteiger partial charge < -0.3 is 0 Å². The Morgan fingerprint density at radius 3 is 2.90 bits per heavy atom. The molecule has 0 atom stereocenters. The van der Waals surface area contributed by atoms with Crippen LogP contribution in [0.2, 0.25) is 0 Å². The summed E-state index contributed by atoms with van der Waals surface area (Å²) >= 11 is 6.87. The lowest BCUT2D eigenvalue weighted by atomic mass is 10.5. The Morgan fingerprint density at radius 1 is 1.60 bits per heavy atom. The quantitative estimate of drug-likeness (QED) is 0.704. The van der Waals surface area contributed by atoms with Crippen molar-refractivity contribution in [3.8, 4) is 0 Å². The van der Waals surface area contributed by atoms with Crippen LogP contribution in [0.1, 0.15) is 10.0 Å². The molecule has 3 nitrogen and oxygen atoms in total. The second-order valence-electron chi connectivity index (χ2n) is 1.85. The number of hydrogen-bond donors (Lipinski definition) is 1. The van der Waals surface area contributed by atoms with E-state index in [1.807, 2.05) is 6.92 Å². The number of hydrogen-bond acceptors (Lipinski definition) is 4. The Labute approximate surface area is 68.5 Å². The third-order valence-corrected chi connectivity index (χ3v) is 2.09. The third kappa shape index (κ3) is 2.21. The summed E-state index contributed by atoms with van der Waals surface area (Å²) in [6, 6.07) is 0. The molecular formula is C5H8ClN3S. The first kappa shape index (κ1) is 7.91. The zero-order chi connectivity index (χ0) is 7.40. The average Bonchev–Trinajstić information content (AvgIpc) is 2.31. The predicted octanol–water partition coefficient (Wildman–Crippen LogP) is 1.13. The molecule has 1 aromatic heterocycles. The fourth-order valence-electron chi connectivity index (χ4n) is 0.593. The molecule has 0 unspecified atom stereocenters. The van der Waals surface area contributed by atoms with Gasteiger partial charge in [-0.1, -0.05) is 0 Å². The van der Waals surface area contributed by atoms with Crippen molar-refractivity contribution in [2.24, 2.45) is 0 Å². The zero-order valence-corrected chi connectivity index (χ0v) is 7.17. The fourth-order valence-corrected chi connectivity index (χ4v) is 1.40. The van der Waals surface area contributed by atoms with E-state index in [4.69, 9.17) is 11.8 Å². The van der Waals surface area contributed by atoms with Gasteiger partial charge in [-0.15, -0.1) is 21.5 Å². The number of halogens is 1. The molecule has 0 aromatic carbocycles. The van der Waals surface area contributed by atoms with E-state index < -0.39 is 0 Å². The molecule has 0 fully saturated rings. The van der Waals surface area contributed by atoms with Crippen LogP contribution in [0.5, 0.6) is 0 Å². The molecule has 0 aliphatic rings. The largest absolute Gasteiger partial charge is 0.233 e. The molecule has 1 aromatic rings. The summed E-state index contributed by atoms with van der Waals surface area (Å²) < 4.78 is 0. The third-order valence-electron chi connectivity index (χ3n) is 1.00. The number of rotatable bonds is 3. The highest BCUT2D eigenvalue weighted by Gasteiger charge is 1.97. The van der Waals surface area contributed by atoms with Gasteiger partial charge in [-0.25, -0.2) is 4.84 Å². The van der Waals surface area contributed by atoms with Crippen LogP contribution in [0.3, 0.4) is 0 Å². The van der Waals surface area contributed by atoms with E-state index in [0.717, 1.165) is 23.0 Å². The van der Waals surface area contributed by atoms with Crippen molar-refractivity contribution in [2.75, 3.05) is 6.54 Å². The van der Waals surface area contributed by atoms with Crippen molar-refractivity contribution >= 4 is 23.1 Å². The molecule has 1 heterocycles. The van der Waals surface area contributed by atoms with Crippen LogP contribution in [0.25, 0.3) is 0 Å². The van der Waals surface area contributed by atoms with E-state index in [-0.39, 0.29) is 0 Å². The highest BCUT2D eigenvalue weighted by Crippen LogP contribution is 2.07. The number of nitrogens with zero attached hydrogens (tertiary/aromatic N) is 2. The van der Waals surface area contributed by atoms with Crippen molar-refractivity contribution in [3.05, 3.63) is 10.0 Å². The second kappa shape index (κ2) is 3.85. The van der Waals surface area contributed by atoms with Gasteiger partial charge in [0.2, 0.25) is 0 Å². The van der Waals surface area contributed by atoms with Gasteiger partial charge in [0, 0.05) is 13.0 Å². The van der Waals surface area contributed by atoms with Crippen LogP contribution in [0, 0.1) is 6.92 Å². The van der Waals surface area contributed by atoms with Crippen LogP contribution in [-0.2, 0) is 6.42 Å². The first-order valence-electron chi connectivity index (χ1n) is 2.95. The number of aryl methyl sites for hydroxylation is 1. The van der Waals surface area contributed by atoms with Crippen LogP contribution in [0.4, 0.5) is 0 Å². The SMILES string of the molecule is Cc1nnc(CCNCl)s1. The molecule has 0 aliphatic carbocycles. The van der Waals surface area contributed by atoms with Crippen LogP contribution >= 0.6 is 23.1 Å². The van der Waals surface area contributed by atoms with Crippen LogP contribution < -0.4 is 4.84 Å². The van der Waals surface area contributed by atoms with E-state index in [1.165, 1.54) is 0 Å². The highest BCUT2D eigenvalue weighted by molar-refractivity contribution is 7.11. The monoisotopic (exact) mass is 177 g/mol. The van der Waals surface area contributed by atoms with Crippen molar-refractivity contribution in [1.82, 2.24) is 15.0 Å². The summed E-state index contributed by atoms with van der Waals surface area (Å²) in [4.78, 5) is 2.54. The van der Waals surface area contributed by atoms with E-state index in [1.54, 1.807) is 11.3 Å². The molecule has 0 radical (unpaired) electrons. The molecule has 56 valence electrons. The molecule has 5 heteroatoms. The first-order chi connectivity index (χ1) is 4.83. The molecule has 0 saturated heterocycles. The Hall–Kier alpha value is -0.190. The van der Waals surface area contributed by atoms with Gasteiger partial charge in [-0.05, 0) is 18.7 Å². The molecule has 1 N–H and O–H groups in total. The molecule has 0 bridgehead atoms. The molecular weight excluding hydrogens is 170 g/mol. The van der Waals surface area contributed by atoms with Gasteiger partial charge in [-0.3, -0.25) is 0 Å². The lowest BCUT2D eigenvalue weighted by Gasteiger charge is -1.88. The minimum Gasteiger partial charge on any atom is -0.233 e. The summed E-state index contributed by atoms with van der Waals surface area (Å²) in [5.74, 6) is 0. The normalized spacial score (nSPS) is 10.2. The van der Waals surface area contributed by atoms with Crippen LogP contribution in [-0.4, -0.2) is 16.7 Å². The molecule has 1 rings (SSSR count). The molecule has 0 saturated carbocycles. The summed E-state index contributed by atoms with van der Waals surface area (Å²) in [5.41, 5.74) is 0. The number of aromatic nitrogens is 2. The Kier molecular flexibility index (Phi) is 3.05. The van der Waals surface area contributed by atoms with Crippen LogP contribution in [0.15, 0.2) is 0 Å². The van der Waals surface area contributed by atoms with Gasteiger partial charge in [0.25, 0.3) is 0 Å². The van der Waals surface area contributed by atoms with Gasteiger partial charge in [-0.2, -0.15) is 0 Å². The van der Waals surface area contributed by atoms with Gasteiger partial charge in [0.05, 0.1) is 0 Å². The Balaban J connectivity index is 2.42. The molecule has 0 aliphatic heterocycles. The molecule has 10 heavy (non-hydrogen) atoms. The number of nitrogens with one attached hydrogen (secondary N) is 1. The molecule has 0 spiro atoms. The predicted molar refractivity (Wildman–Crippen MR) is 42.2 cm³/mol. The van der Waals surface area contributed by atoms with Gasteiger partial charge in [0.15, 0.2) is 0 Å². The fraction of sp³-hybridized carbons (Fsp3) is 0.600. The Bertz CT molecular complexity index is 201.